The van der Waals surface area contributed by atoms with Gasteiger partial charge in [0.2, 0.25) is 0 Å². The average Bonchev–Trinajstić information content (AvgIpc) is 3.05. The summed E-state index contributed by atoms with van der Waals surface area (Å²) >= 11 is 3.51. The van der Waals surface area contributed by atoms with Gasteiger partial charge in [-0.25, -0.2) is 0 Å². The molecular weight excluding hydrogens is 282 g/mol. The second-order valence-electron chi connectivity index (χ2n) is 4.86. The number of aromatic hydroxyl groups is 1. The minimum atomic E-state index is -0.0758. The smallest absolute Gasteiger partial charge is 0.164 e. The molecule has 0 saturated heterocycles. The van der Waals surface area contributed by atoms with E-state index in [0.29, 0.717) is 5.75 Å². The van der Waals surface area contributed by atoms with E-state index in [1.165, 1.54) is 0 Å². The van der Waals surface area contributed by atoms with E-state index in [2.05, 4.69) is 15.9 Å². The van der Waals surface area contributed by atoms with E-state index >= 15 is 0 Å². The fourth-order valence-corrected chi connectivity index (χ4v) is 2.85. The van der Waals surface area contributed by atoms with Crippen molar-refractivity contribution < 1.29 is 9.84 Å². The standard InChI is InChI=1S/C13H18BrNO2/c1-7-10(14)6-9(11(16)12(7)17-3)13(4-5-13)8(2)15/h6,8,16H,4-5,15H2,1-3H3. The summed E-state index contributed by atoms with van der Waals surface area (Å²) in [6.07, 6.45) is 2.05. The first-order valence-electron chi connectivity index (χ1n) is 5.76. The van der Waals surface area contributed by atoms with Crippen LogP contribution in [0.1, 0.15) is 30.9 Å². The van der Waals surface area contributed by atoms with E-state index < -0.39 is 0 Å². The molecule has 1 aromatic rings. The van der Waals surface area contributed by atoms with Gasteiger partial charge in [0.25, 0.3) is 0 Å². The molecule has 0 heterocycles. The summed E-state index contributed by atoms with van der Waals surface area (Å²) in [6, 6.07) is 2.01. The molecule has 3 nitrogen and oxygen atoms in total. The van der Waals surface area contributed by atoms with Crippen LogP contribution in [0, 0.1) is 6.92 Å². The zero-order chi connectivity index (χ0) is 12.8. The molecule has 4 heteroatoms. The Morgan fingerprint density at radius 1 is 1.53 bits per heavy atom. The molecule has 0 spiro atoms. The van der Waals surface area contributed by atoms with Crippen LogP contribution < -0.4 is 10.5 Å². The molecule has 1 saturated carbocycles. The van der Waals surface area contributed by atoms with Gasteiger partial charge >= 0.3 is 0 Å². The molecule has 0 bridgehead atoms. The Morgan fingerprint density at radius 3 is 2.53 bits per heavy atom. The summed E-state index contributed by atoms with van der Waals surface area (Å²) in [5.74, 6) is 0.782. The Balaban J connectivity index is 2.60. The van der Waals surface area contributed by atoms with Gasteiger partial charge in [-0.1, -0.05) is 15.9 Å². The fraction of sp³-hybridized carbons (Fsp3) is 0.538. The number of hydrogen-bond acceptors (Lipinski definition) is 3. The first-order valence-corrected chi connectivity index (χ1v) is 6.55. The lowest BCUT2D eigenvalue weighted by Gasteiger charge is -2.23. The van der Waals surface area contributed by atoms with Crippen LogP contribution in [0.3, 0.4) is 0 Å². The van der Waals surface area contributed by atoms with E-state index in [-0.39, 0.29) is 17.2 Å². The van der Waals surface area contributed by atoms with Gasteiger partial charge in [-0.2, -0.15) is 0 Å². The first kappa shape index (κ1) is 12.7. The predicted molar refractivity (Wildman–Crippen MR) is 71.7 cm³/mol. The molecule has 1 aliphatic rings. The van der Waals surface area contributed by atoms with Gasteiger partial charge in [0, 0.05) is 27.1 Å². The van der Waals surface area contributed by atoms with Crippen LogP contribution in [0.5, 0.6) is 11.5 Å². The van der Waals surface area contributed by atoms with E-state index in [4.69, 9.17) is 10.5 Å². The van der Waals surface area contributed by atoms with E-state index in [1.54, 1.807) is 7.11 Å². The van der Waals surface area contributed by atoms with Crippen LogP contribution in [0.25, 0.3) is 0 Å². The third-order valence-electron chi connectivity index (χ3n) is 3.84. The molecule has 1 aromatic carbocycles. The molecule has 0 aromatic heterocycles. The lowest BCUT2D eigenvalue weighted by molar-refractivity contribution is 0.362. The number of phenolic OH excluding ortho intramolecular Hbond substituents is 1. The largest absolute Gasteiger partial charge is 0.504 e. The highest BCUT2D eigenvalue weighted by Gasteiger charge is 2.49. The molecule has 1 atom stereocenters. The highest BCUT2D eigenvalue weighted by atomic mass is 79.9. The van der Waals surface area contributed by atoms with Gasteiger partial charge in [0.1, 0.15) is 0 Å². The molecule has 1 fully saturated rings. The van der Waals surface area contributed by atoms with E-state index in [1.807, 2.05) is 19.9 Å². The highest BCUT2D eigenvalue weighted by Crippen LogP contribution is 2.56. The number of rotatable bonds is 3. The topological polar surface area (TPSA) is 55.5 Å². The van der Waals surface area contributed by atoms with Crippen molar-refractivity contribution in [2.24, 2.45) is 5.73 Å². The molecule has 3 N–H and O–H groups in total. The van der Waals surface area contributed by atoms with Gasteiger partial charge in [0.15, 0.2) is 11.5 Å². The quantitative estimate of drug-likeness (QED) is 0.902. The van der Waals surface area contributed by atoms with Gasteiger partial charge in [0.05, 0.1) is 7.11 Å². The number of methoxy groups -OCH3 is 1. The van der Waals surface area contributed by atoms with Gasteiger partial charge in [-0.15, -0.1) is 0 Å². The van der Waals surface area contributed by atoms with Crippen LogP contribution >= 0.6 is 15.9 Å². The average molecular weight is 300 g/mol. The zero-order valence-corrected chi connectivity index (χ0v) is 12.0. The Labute approximate surface area is 110 Å². The highest BCUT2D eigenvalue weighted by molar-refractivity contribution is 9.10. The fourth-order valence-electron chi connectivity index (χ4n) is 2.45. The predicted octanol–water partition coefficient (Wildman–Crippen LogP) is 2.85. The number of ether oxygens (including phenoxy) is 1. The number of halogens is 1. The SMILES string of the molecule is COc1c(C)c(Br)cc(C2(C(C)N)CC2)c1O. The second kappa shape index (κ2) is 4.18. The van der Waals surface area contributed by atoms with Crippen molar-refractivity contribution in [2.75, 3.05) is 7.11 Å². The molecule has 1 aliphatic carbocycles. The lowest BCUT2D eigenvalue weighted by Crippen LogP contribution is -2.31. The maximum absolute atomic E-state index is 10.3. The number of hydrogen-bond donors (Lipinski definition) is 2. The third-order valence-corrected chi connectivity index (χ3v) is 4.66. The third kappa shape index (κ3) is 1.83. The maximum atomic E-state index is 10.3. The summed E-state index contributed by atoms with van der Waals surface area (Å²) in [6.45, 7) is 3.91. The van der Waals surface area contributed by atoms with Crippen molar-refractivity contribution in [3.63, 3.8) is 0 Å². The molecule has 1 unspecified atom stereocenters. The molecule has 0 aliphatic heterocycles. The molecule has 17 heavy (non-hydrogen) atoms. The minimum absolute atomic E-state index is 0.0349. The normalized spacial score (nSPS) is 18.9. The first-order chi connectivity index (χ1) is 7.94. The lowest BCUT2D eigenvalue weighted by atomic mass is 9.88. The molecular formula is C13H18BrNO2. The maximum Gasteiger partial charge on any atom is 0.164 e. The summed E-state index contributed by atoms with van der Waals surface area (Å²) in [7, 11) is 1.57. The van der Waals surface area contributed by atoms with Crippen molar-refractivity contribution in [3.05, 3.63) is 21.7 Å². The zero-order valence-electron chi connectivity index (χ0n) is 10.4. The van der Waals surface area contributed by atoms with Crippen LogP contribution in [0.4, 0.5) is 0 Å². The molecule has 94 valence electrons. The van der Waals surface area contributed by atoms with Gasteiger partial charge in [-0.3, -0.25) is 0 Å². The monoisotopic (exact) mass is 299 g/mol. The van der Waals surface area contributed by atoms with Crippen LogP contribution in [-0.4, -0.2) is 18.3 Å². The Kier molecular flexibility index (Phi) is 3.12. The van der Waals surface area contributed by atoms with Crippen LogP contribution in [0.15, 0.2) is 10.5 Å². The summed E-state index contributed by atoms with van der Waals surface area (Å²) in [5, 5.41) is 10.3. The summed E-state index contributed by atoms with van der Waals surface area (Å²) < 4.78 is 6.23. The minimum Gasteiger partial charge on any atom is -0.504 e. The second-order valence-corrected chi connectivity index (χ2v) is 5.71. The molecule has 0 amide bonds. The van der Waals surface area contributed by atoms with Crippen LogP contribution in [-0.2, 0) is 5.41 Å². The Morgan fingerprint density at radius 2 is 2.12 bits per heavy atom. The van der Waals surface area contributed by atoms with Crippen molar-refractivity contribution in [1.82, 2.24) is 0 Å². The number of benzene rings is 1. The van der Waals surface area contributed by atoms with E-state index in [0.717, 1.165) is 28.4 Å². The van der Waals surface area contributed by atoms with Crippen molar-refractivity contribution in [2.45, 2.75) is 38.1 Å². The van der Waals surface area contributed by atoms with Gasteiger partial charge < -0.3 is 15.6 Å². The summed E-state index contributed by atoms with van der Waals surface area (Å²) in [5.41, 5.74) is 7.79. The van der Waals surface area contributed by atoms with Crippen molar-refractivity contribution >= 4 is 15.9 Å². The molecule has 2 rings (SSSR count). The van der Waals surface area contributed by atoms with E-state index in [9.17, 15) is 5.11 Å². The summed E-state index contributed by atoms with van der Waals surface area (Å²) in [4.78, 5) is 0. The van der Waals surface area contributed by atoms with Gasteiger partial charge in [-0.05, 0) is 32.8 Å². The number of nitrogens with two attached hydrogens (primary N) is 1. The molecule has 0 radical (unpaired) electrons. The van der Waals surface area contributed by atoms with Crippen molar-refractivity contribution in [3.8, 4) is 11.5 Å². The Hall–Kier alpha value is -0.740. The Bertz CT molecular complexity index is 453. The number of phenols is 1. The van der Waals surface area contributed by atoms with Crippen molar-refractivity contribution in [1.29, 1.82) is 0 Å². The van der Waals surface area contributed by atoms with Crippen LogP contribution in [0.2, 0.25) is 0 Å².